The molecule has 1 aliphatic rings. The van der Waals surface area contributed by atoms with Crippen LogP contribution in [0.4, 0.5) is 29.5 Å². The van der Waals surface area contributed by atoms with E-state index < -0.39 is 36.0 Å². The summed E-state index contributed by atoms with van der Waals surface area (Å²) in [5.41, 5.74) is 1.11. The zero-order chi connectivity index (χ0) is 26.7. The predicted octanol–water partition coefficient (Wildman–Crippen LogP) is 4.60. The van der Waals surface area contributed by atoms with E-state index in [4.69, 9.17) is 4.74 Å². The van der Waals surface area contributed by atoms with Crippen LogP contribution in [0, 0.1) is 0 Å². The Hall–Kier alpha value is -4.61. The Morgan fingerprint density at radius 2 is 1.68 bits per heavy atom. The number of anilines is 2. The van der Waals surface area contributed by atoms with Crippen molar-refractivity contribution in [1.29, 1.82) is 0 Å². The minimum absolute atomic E-state index is 0.0332. The lowest BCUT2D eigenvalue weighted by Gasteiger charge is -2.20. The molecule has 1 aromatic heterocycles. The number of pyridine rings is 1. The summed E-state index contributed by atoms with van der Waals surface area (Å²) in [6, 6.07) is 12.7. The van der Waals surface area contributed by atoms with E-state index in [9.17, 15) is 27.6 Å². The maximum atomic E-state index is 13.1. The van der Waals surface area contributed by atoms with E-state index >= 15 is 0 Å². The molecule has 0 saturated carbocycles. The summed E-state index contributed by atoms with van der Waals surface area (Å²) in [5, 5.41) is 2.68. The molecule has 1 unspecified atom stereocenters. The number of halogens is 3. The zero-order valence-electron chi connectivity index (χ0n) is 19.7. The molecule has 1 aliphatic heterocycles. The maximum absolute atomic E-state index is 13.1. The van der Waals surface area contributed by atoms with Crippen LogP contribution in [-0.2, 0) is 11.3 Å². The van der Waals surface area contributed by atoms with Gasteiger partial charge in [0.15, 0.2) is 0 Å². The van der Waals surface area contributed by atoms with Gasteiger partial charge in [-0.3, -0.25) is 9.59 Å². The first-order valence-corrected chi connectivity index (χ1v) is 11.0. The smallest absolute Gasteiger partial charge is 0.497 e. The lowest BCUT2D eigenvalue weighted by atomic mass is 10.2. The predicted molar refractivity (Wildman–Crippen MR) is 126 cm³/mol. The Kier molecular flexibility index (Phi) is 7.00. The molecule has 9 nitrogen and oxygen atoms in total. The Labute approximate surface area is 209 Å². The fraction of sp³-hybridized carbons (Fsp3) is 0.200. The Morgan fingerprint density at radius 3 is 2.30 bits per heavy atom. The zero-order valence-corrected chi connectivity index (χ0v) is 19.7. The molecule has 1 atom stereocenters. The number of methoxy groups -OCH3 is 1. The molecule has 2 aromatic carbocycles. The topological polar surface area (TPSA) is 101 Å². The van der Waals surface area contributed by atoms with Crippen molar-refractivity contribution in [1.82, 2.24) is 9.88 Å². The van der Waals surface area contributed by atoms with E-state index in [2.05, 4.69) is 15.0 Å². The van der Waals surface area contributed by atoms with Gasteiger partial charge in [-0.2, -0.15) is 0 Å². The van der Waals surface area contributed by atoms with Gasteiger partial charge >= 0.3 is 12.4 Å². The lowest BCUT2D eigenvalue weighted by Crippen LogP contribution is -2.33. The summed E-state index contributed by atoms with van der Waals surface area (Å²) in [4.78, 5) is 44.8. The van der Waals surface area contributed by atoms with Crippen LogP contribution in [0.1, 0.15) is 22.8 Å². The molecule has 4 amide bonds. The highest BCUT2D eigenvalue weighted by Crippen LogP contribution is 2.30. The summed E-state index contributed by atoms with van der Waals surface area (Å²) in [6.45, 7) is 1.58. The molecule has 192 valence electrons. The normalized spacial score (nSPS) is 15.6. The number of benzene rings is 2. The molecule has 1 fully saturated rings. The minimum Gasteiger partial charge on any atom is -0.497 e. The first-order chi connectivity index (χ1) is 17.6. The first-order valence-electron chi connectivity index (χ1n) is 11.0. The van der Waals surface area contributed by atoms with Gasteiger partial charge in [0.25, 0.3) is 11.8 Å². The quantitative estimate of drug-likeness (QED) is 0.463. The van der Waals surface area contributed by atoms with Crippen molar-refractivity contribution in [3.8, 4) is 11.5 Å². The number of carbonyl (C=O) groups is 3. The number of ether oxygens (including phenoxy) is 2. The standard InChI is InChI=1S/C25H21F3N4O5/c1-15-23(34)32(18-5-9-20(10-6-18)37-25(26,27)28)24(35)31(15)14-16-11-12-29-21(13-16)30-22(33)17-3-7-19(36-2)8-4-17/h3-13,15H,14H2,1-2H3,(H,29,30,33). The van der Waals surface area contributed by atoms with Crippen LogP contribution in [0.2, 0.25) is 0 Å². The van der Waals surface area contributed by atoms with E-state index in [1.54, 1.807) is 43.3 Å². The average molecular weight is 514 g/mol. The van der Waals surface area contributed by atoms with Crippen molar-refractivity contribution in [2.24, 2.45) is 0 Å². The average Bonchev–Trinajstić information content (AvgIpc) is 3.07. The van der Waals surface area contributed by atoms with Crippen molar-refractivity contribution in [2.45, 2.75) is 25.9 Å². The number of nitrogens with one attached hydrogen (secondary N) is 1. The molecule has 4 rings (SSSR count). The van der Waals surface area contributed by atoms with Crippen LogP contribution in [0.25, 0.3) is 0 Å². The third-order valence-corrected chi connectivity index (χ3v) is 5.58. The Balaban J connectivity index is 1.46. The van der Waals surface area contributed by atoms with Crippen LogP contribution >= 0.6 is 0 Å². The van der Waals surface area contributed by atoms with Gasteiger partial charge in [0.1, 0.15) is 23.4 Å². The monoisotopic (exact) mass is 514 g/mol. The van der Waals surface area contributed by atoms with Gasteiger partial charge in [0, 0.05) is 18.3 Å². The second-order valence-electron chi connectivity index (χ2n) is 8.03. The summed E-state index contributed by atoms with van der Waals surface area (Å²) in [5.74, 6) is -0.536. The molecule has 1 N–H and O–H groups in total. The fourth-order valence-corrected chi connectivity index (χ4v) is 3.72. The van der Waals surface area contributed by atoms with Crippen molar-refractivity contribution in [2.75, 3.05) is 17.3 Å². The van der Waals surface area contributed by atoms with E-state index in [0.29, 0.717) is 16.9 Å². The third-order valence-electron chi connectivity index (χ3n) is 5.58. The van der Waals surface area contributed by atoms with Gasteiger partial charge in [0.2, 0.25) is 0 Å². The van der Waals surface area contributed by atoms with Crippen LogP contribution < -0.4 is 19.7 Å². The number of aromatic nitrogens is 1. The molecule has 0 bridgehead atoms. The summed E-state index contributed by atoms with van der Waals surface area (Å²) < 4.78 is 46.1. The van der Waals surface area contributed by atoms with Crippen molar-refractivity contribution >= 4 is 29.4 Å². The van der Waals surface area contributed by atoms with Crippen LogP contribution in [0.5, 0.6) is 11.5 Å². The number of hydrogen-bond acceptors (Lipinski definition) is 6. The number of carbonyl (C=O) groups excluding carboxylic acids is 3. The molecule has 0 spiro atoms. The number of hydrogen-bond donors (Lipinski definition) is 1. The minimum atomic E-state index is -4.86. The second kappa shape index (κ2) is 10.2. The number of urea groups is 1. The molecular formula is C25H21F3N4O5. The number of alkyl halides is 3. The highest BCUT2D eigenvalue weighted by atomic mass is 19.4. The van der Waals surface area contributed by atoms with Gasteiger partial charge < -0.3 is 19.7 Å². The van der Waals surface area contributed by atoms with Crippen LogP contribution in [-0.4, -0.2) is 47.2 Å². The Morgan fingerprint density at radius 1 is 1.03 bits per heavy atom. The number of rotatable bonds is 7. The van der Waals surface area contributed by atoms with Gasteiger partial charge in [-0.05, 0) is 73.2 Å². The van der Waals surface area contributed by atoms with Crippen molar-refractivity contribution in [3.63, 3.8) is 0 Å². The Bertz CT molecular complexity index is 1310. The highest BCUT2D eigenvalue weighted by molar-refractivity contribution is 6.21. The van der Waals surface area contributed by atoms with E-state index in [0.717, 1.165) is 17.0 Å². The second-order valence-corrected chi connectivity index (χ2v) is 8.03. The fourth-order valence-electron chi connectivity index (χ4n) is 3.72. The molecule has 3 aromatic rings. The lowest BCUT2D eigenvalue weighted by molar-refractivity contribution is -0.274. The molecule has 2 heterocycles. The van der Waals surface area contributed by atoms with E-state index in [-0.39, 0.29) is 18.1 Å². The molecule has 37 heavy (non-hydrogen) atoms. The first kappa shape index (κ1) is 25.5. The van der Waals surface area contributed by atoms with Gasteiger partial charge in [-0.1, -0.05) is 0 Å². The maximum Gasteiger partial charge on any atom is 0.573 e. The van der Waals surface area contributed by atoms with Gasteiger partial charge in [-0.25, -0.2) is 14.7 Å². The van der Waals surface area contributed by atoms with Gasteiger partial charge in [0.05, 0.1) is 12.8 Å². The van der Waals surface area contributed by atoms with Crippen LogP contribution in [0.15, 0.2) is 66.9 Å². The van der Waals surface area contributed by atoms with E-state index in [1.165, 1.54) is 30.3 Å². The summed E-state index contributed by atoms with van der Waals surface area (Å²) in [7, 11) is 1.52. The summed E-state index contributed by atoms with van der Waals surface area (Å²) in [6.07, 6.45) is -3.40. The van der Waals surface area contributed by atoms with Gasteiger partial charge in [-0.15, -0.1) is 13.2 Å². The van der Waals surface area contributed by atoms with E-state index in [1.807, 2.05) is 0 Å². The number of amides is 4. The SMILES string of the molecule is COc1ccc(C(=O)Nc2cc(CN3C(=O)N(c4ccc(OC(F)(F)F)cc4)C(=O)C3C)ccn2)cc1. The number of nitrogens with zero attached hydrogens (tertiary/aromatic N) is 3. The van der Waals surface area contributed by atoms with Crippen molar-refractivity contribution < 1.29 is 37.0 Å². The summed E-state index contributed by atoms with van der Waals surface area (Å²) >= 11 is 0. The van der Waals surface area contributed by atoms with Crippen LogP contribution in [0.3, 0.4) is 0 Å². The third kappa shape index (κ3) is 5.80. The molecule has 1 saturated heterocycles. The largest absolute Gasteiger partial charge is 0.573 e. The molecular weight excluding hydrogens is 493 g/mol. The highest BCUT2D eigenvalue weighted by Gasteiger charge is 2.43. The molecule has 0 aliphatic carbocycles. The number of imide groups is 1. The molecule has 12 heteroatoms. The van der Waals surface area contributed by atoms with Crippen molar-refractivity contribution in [3.05, 3.63) is 78.0 Å². The molecule has 0 radical (unpaired) electrons.